The van der Waals surface area contributed by atoms with Gasteiger partial charge in [0, 0.05) is 12.2 Å². The molecule has 0 radical (unpaired) electrons. The predicted octanol–water partition coefficient (Wildman–Crippen LogP) is 1.91. The summed E-state index contributed by atoms with van der Waals surface area (Å²) in [7, 11) is 0. The second-order valence-electron chi connectivity index (χ2n) is 3.78. The van der Waals surface area contributed by atoms with E-state index < -0.39 is 12.1 Å². The molecule has 0 aliphatic heterocycles. The van der Waals surface area contributed by atoms with E-state index in [2.05, 4.69) is 4.74 Å². The van der Waals surface area contributed by atoms with Gasteiger partial charge in [0.25, 0.3) is 0 Å². The van der Waals surface area contributed by atoms with Gasteiger partial charge in [0.2, 0.25) is 0 Å². The third-order valence-corrected chi connectivity index (χ3v) is 2.39. The second kappa shape index (κ2) is 7.45. The Bertz CT molecular complexity index is 392. The van der Waals surface area contributed by atoms with Crippen LogP contribution in [0.1, 0.15) is 19.8 Å². The number of carbonyl (C=O) groups excluding carboxylic acids is 2. The minimum absolute atomic E-state index is 0.303. The summed E-state index contributed by atoms with van der Waals surface area (Å²) in [6, 6.07) is 9.10. The number of unbranched alkanes of at least 4 members (excludes halogenated alkanes) is 1. The van der Waals surface area contributed by atoms with E-state index in [0.717, 1.165) is 12.8 Å². The number of hydrogen-bond donors (Lipinski definition) is 1. The van der Waals surface area contributed by atoms with Crippen molar-refractivity contribution < 1.29 is 14.3 Å². The molecule has 5 heteroatoms. The van der Waals surface area contributed by atoms with Crippen LogP contribution in [0.5, 0.6) is 0 Å². The van der Waals surface area contributed by atoms with Gasteiger partial charge >= 0.3 is 12.1 Å². The van der Waals surface area contributed by atoms with Crippen molar-refractivity contribution in [3.63, 3.8) is 0 Å². The summed E-state index contributed by atoms with van der Waals surface area (Å²) in [6.45, 7) is 2.24. The lowest BCUT2D eigenvalue weighted by Crippen LogP contribution is -2.35. The number of esters is 1. The van der Waals surface area contributed by atoms with Gasteiger partial charge in [0.15, 0.2) is 0 Å². The first-order valence-corrected chi connectivity index (χ1v) is 5.96. The zero-order valence-electron chi connectivity index (χ0n) is 10.5. The maximum Gasteiger partial charge on any atom is 0.422 e. The molecule has 0 saturated carbocycles. The molecule has 0 unspecified atom stereocenters. The van der Waals surface area contributed by atoms with Crippen LogP contribution >= 0.6 is 0 Å². The molecule has 0 spiro atoms. The van der Waals surface area contributed by atoms with Crippen LogP contribution in [0.15, 0.2) is 30.3 Å². The van der Waals surface area contributed by atoms with Crippen LogP contribution in [0.4, 0.5) is 10.5 Å². The van der Waals surface area contributed by atoms with Gasteiger partial charge in [-0.1, -0.05) is 31.5 Å². The summed E-state index contributed by atoms with van der Waals surface area (Å²) in [4.78, 5) is 24.3. The Hall–Kier alpha value is -1.88. The summed E-state index contributed by atoms with van der Waals surface area (Å²) in [6.07, 6.45) is 1.10. The highest BCUT2D eigenvalue weighted by Crippen LogP contribution is 2.15. The first-order chi connectivity index (χ1) is 8.69. The van der Waals surface area contributed by atoms with Gasteiger partial charge in [-0.15, -0.1) is 0 Å². The maximum atomic E-state index is 11.8. The Balaban J connectivity index is 2.78. The van der Waals surface area contributed by atoms with Gasteiger partial charge in [-0.25, -0.2) is 4.79 Å². The lowest BCUT2D eigenvalue weighted by Gasteiger charge is -2.21. The van der Waals surface area contributed by atoms with Crippen LogP contribution in [0.2, 0.25) is 0 Å². The molecule has 0 bridgehead atoms. The molecule has 1 amide bonds. The highest BCUT2D eigenvalue weighted by Gasteiger charge is 2.19. The molecule has 1 rings (SSSR count). The van der Waals surface area contributed by atoms with E-state index in [-0.39, 0.29) is 6.54 Å². The molecule has 1 aromatic rings. The van der Waals surface area contributed by atoms with Crippen LogP contribution in [0.3, 0.4) is 0 Å². The Morgan fingerprint density at radius 2 is 1.94 bits per heavy atom. The lowest BCUT2D eigenvalue weighted by molar-refractivity contribution is -0.135. The molecule has 0 aliphatic carbocycles. The van der Waals surface area contributed by atoms with Crippen molar-refractivity contribution in [2.75, 3.05) is 18.0 Å². The van der Waals surface area contributed by atoms with Crippen LogP contribution in [-0.2, 0) is 9.53 Å². The third-order valence-electron chi connectivity index (χ3n) is 2.39. The third kappa shape index (κ3) is 4.18. The van der Waals surface area contributed by atoms with Crippen molar-refractivity contribution in [1.82, 2.24) is 0 Å². The quantitative estimate of drug-likeness (QED) is 0.640. The average Bonchev–Trinajstić information content (AvgIpc) is 2.40. The normalized spacial score (nSPS) is 9.89. The van der Waals surface area contributed by atoms with Crippen molar-refractivity contribution in [3.8, 4) is 0 Å². The van der Waals surface area contributed by atoms with Gasteiger partial charge in [-0.3, -0.25) is 9.69 Å². The van der Waals surface area contributed by atoms with Crippen LogP contribution < -0.4 is 10.6 Å². The number of amides is 1. The molecule has 1 aromatic carbocycles. The van der Waals surface area contributed by atoms with Gasteiger partial charge in [-0.2, -0.15) is 0 Å². The number of hydrogen-bond acceptors (Lipinski definition) is 4. The number of ether oxygens (including phenoxy) is 1. The van der Waals surface area contributed by atoms with E-state index in [1.807, 2.05) is 25.1 Å². The zero-order valence-corrected chi connectivity index (χ0v) is 10.5. The van der Waals surface area contributed by atoms with E-state index >= 15 is 0 Å². The molecule has 0 heterocycles. The van der Waals surface area contributed by atoms with E-state index in [1.54, 1.807) is 12.1 Å². The second-order valence-corrected chi connectivity index (χ2v) is 3.78. The minimum Gasteiger partial charge on any atom is -0.375 e. The van der Waals surface area contributed by atoms with Gasteiger partial charge in [0.05, 0.1) is 6.54 Å². The smallest absolute Gasteiger partial charge is 0.375 e. The first-order valence-electron chi connectivity index (χ1n) is 5.96. The number of rotatable bonds is 5. The maximum absolute atomic E-state index is 11.8. The van der Waals surface area contributed by atoms with Crippen LogP contribution in [0.25, 0.3) is 0 Å². The molecule has 5 nitrogen and oxygen atoms in total. The van der Waals surface area contributed by atoms with E-state index in [9.17, 15) is 9.59 Å². The first kappa shape index (κ1) is 14.2. The number of anilines is 1. The fourth-order valence-corrected chi connectivity index (χ4v) is 1.44. The SMILES string of the molecule is CCCCN(C(=O)OC(=O)CN)c1ccccc1. The molecule has 2 N–H and O–H groups in total. The minimum atomic E-state index is -0.725. The molecule has 0 aliphatic rings. The van der Waals surface area contributed by atoms with E-state index in [4.69, 9.17) is 5.73 Å². The Morgan fingerprint density at radius 3 is 2.50 bits per heavy atom. The fourth-order valence-electron chi connectivity index (χ4n) is 1.44. The number of carbonyl (C=O) groups is 2. The molecule has 0 aromatic heterocycles. The number of benzene rings is 1. The number of nitrogens with two attached hydrogens (primary N) is 1. The highest BCUT2D eigenvalue weighted by atomic mass is 16.6. The average molecular weight is 250 g/mol. The number of nitrogens with zero attached hydrogens (tertiary/aromatic N) is 1. The van der Waals surface area contributed by atoms with Crippen molar-refractivity contribution >= 4 is 17.7 Å². The van der Waals surface area contributed by atoms with Crippen molar-refractivity contribution in [2.24, 2.45) is 5.73 Å². The van der Waals surface area contributed by atoms with Crippen LogP contribution in [-0.4, -0.2) is 25.2 Å². The summed E-state index contributed by atoms with van der Waals surface area (Å²) in [5.41, 5.74) is 5.82. The molecule has 0 saturated heterocycles. The summed E-state index contributed by atoms with van der Waals surface area (Å²) < 4.78 is 4.64. The van der Waals surface area contributed by atoms with Gasteiger partial charge in [0.1, 0.15) is 0 Å². The molecule has 0 fully saturated rings. The van der Waals surface area contributed by atoms with Crippen molar-refractivity contribution in [1.29, 1.82) is 0 Å². The predicted molar refractivity (Wildman–Crippen MR) is 69.2 cm³/mol. The molecular formula is C13H18N2O3. The summed E-state index contributed by atoms with van der Waals surface area (Å²) >= 11 is 0. The van der Waals surface area contributed by atoms with Crippen molar-refractivity contribution in [2.45, 2.75) is 19.8 Å². The van der Waals surface area contributed by atoms with Crippen molar-refractivity contribution in [3.05, 3.63) is 30.3 Å². The standard InChI is InChI=1S/C13H18N2O3/c1-2-3-9-15(11-7-5-4-6-8-11)13(17)18-12(16)10-14/h4-8H,2-3,9-10,14H2,1H3. The number of para-hydroxylation sites is 1. The Morgan fingerprint density at radius 1 is 1.28 bits per heavy atom. The van der Waals surface area contributed by atoms with Gasteiger partial charge in [-0.05, 0) is 18.6 Å². The summed E-state index contributed by atoms with van der Waals surface area (Å²) in [5, 5.41) is 0. The molecule has 18 heavy (non-hydrogen) atoms. The monoisotopic (exact) mass is 250 g/mol. The van der Waals surface area contributed by atoms with E-state index in [1.165, 1.54) is 4.90 Å². The van der Waals surface area contributed by atoms with Crippen LogP contribution in [0, 0.1) is 0 Å². The highest BCUT2D eigenvalue weighted by molar-refractivity contribution is 5.95. The summed E-state index contributed by atoms with van der Waals surface area (Å²) in [5.74, 6) is -0.725. The topological polar surface area (TPSA) is 72.6 Å². The largest absolute Gasteiger partial charge is 0.422 e. The molecule has 98 valence electrons. The Labute approximate surface area is 107 Å². The molecular weight excluding hydrogens is 232 g/mol. The molecule has 0 atom stereocenters. The van der Waals surface area contributed by atoms with E-state index in [0.29, 0.717) is 12.2 Å². The zero-order chi connectivity index (χ0) is 13.4. The fraction of sp³-hybridized carbons (Fsp3) is 0.385. The van der Waals surface area contributed by atoms with Gasteiger partial charge < -0.3 is 10.5 Å². The Kier molecular flexibility index (Phi) is 5.87. The lowest BCUT2D eigenvalue weighted by atomic mass is 10.2.